The second kappa shape index (κ2) is 6.85. The second-order valence-electron chi connectivity index (χ2n) is 4.93. The fourth-order valence-corrected chi connectivity index (χ4v) is 3.24. The Balaban J connectivity index is 1.71. The molecule has 3 rings (SSSR count). The third-order valence-corrected chi connectivity index (χ3v) is 4.69. The van der Waals surface area contributed by atoms with Crippen LogP contribution in [-0.2, 0) is 0 Å². The monoisotopic (exact) mass is 346 g/mol. The van der Waals surface area contributed by atoms with Crippen LogP contribution in [0.15, 0.2) is 54.9 Å². The highest BCUT2D eigenvalue weighted by molar-refractivity contribution is 7.16. The van der Waals surface area contributed by atoms with Crippen molar-refractivity contribution in [2.45, 2.75) is 13.0 Å². The van der Waals surface area contributed by atoms with Gasteiger partial charge in [-0.3, -0.25) is 0 Å². The van der Waals surface area contributed by atoms with Crippen LogP contribution in [0.3, 0.4) is 0 Å². The van der Waals surface area contributed by atoms with E-state index in [1.807, 2.05) is 55.6 Å². The van der Waals surface area contributed by atoms with Crippen molar-refractivity contribution in [3.8, 4) is 5.69 Å². The lowest BCUT2D eigenvalue weighted by Gasteiger charge is -2.15. The summed E-state index contributed by atoms with van der Waals surface area (Å²) in [5.41, 5.74) is 1.49. The normalized spacial score (nSPS) is 11.9. The maximum Gasteiger partial charge on any atom is 0.319 e. The number of carbonyl (C=O) groups is 1. The SMILES string of the molecule is CC(NC(=O)Nc1ccccc1-n1cccn1)c1ccc(Cl)s1. The van der Waals surface area contributed by atoms with E-state index in [-0.39, 0.29) is 12.1 Å². The fraction of sp³-hybridized carbons (Fsp3) is 0.125. The van der Waals surface area contributed by atoms with Gasteiger partial charge in [-0.2, -0.15) is 5.10 Å². The molecule has 1 atom stereocenters. The van der Waals surface area contributed by atoms with E-state index >= 15 is 0 Å². The van der Waals surface area contributed by atoms with Crippen molar-refractivity contribution in [2.75, 3.05) is 5.32 Å². The minimum absolute atomic E-state index is 0.121. The number of nitrogens with one attached hydrogen (secondary N) is 2. The van der Waals surface area contributed by atoms with Gasteiger partial charge in [-0.05, 0) is 37.3 Å². The lowest BCUT2D eigenvalue weighted by molar-refractivity contribution is 0.249. The van der Waals surface area contributed by atoms with Crippen molar-refractivity contribution >= 4 is 34.7 Å². The van der Waals surface area contributed by atoms with Crippen molar-refractivity contribution in [1.29, 1.82) is 0 Å². The topological polar surface area (TPSA) is 59.0 Å². The maximum absolute atomic E-state index is 12.2. The van der Waals surface area contributed by atoms with E-state index in [0.29, 0.717) is 10.0 Å². The smallest absolute Gasteiger partial charge is 0.319 e. The lowest BCUT2D eigenvalue weighted by atomic mass is 10.2. The number of amides is 2. The van der Waals surface area contributed by atoms with Crippen molar-refractivity contribution in [1.82, 2.24) is 15.1 Å². The van der Waals surface area contributed by atoms with E-state index in [1.165, 1.54) is 11.3 Å². The number of hydrogen-bond donors (Lipinski definition) is 2. The van der Waals surface area contributed by atoms with Crippen LogP contribution in [-0.4, -0.2) is 15.8 Å². The summed E-state index contributed by atoms with van der Waals surface area (Å²) in [4.78, 5) is 13.2. The molecule has 1 unspecified atom stereocenters. The standard InChI is InChI=1S/C16H15ClN4OS/c1-11(14-7-8-15(17)23-14)19-16(22)20-12-5-2-3-6-13(12)21-10-4-9-18-21/h2-11H,1H3,(H2,19,20,22). The largest absolute Gasteiger partial charge is 0.331 e. The summed E-state index contributed by atoms with van der Waals surface area (Å²) >= 11 is 7.38. The summed E-state index contributed by atoms with van der Waals surface area (Å²) in [6, 6.07) is 12.7. The molecule has 7 heteroatoms. The number of rotatable bonds is 4. The number of nitrogens with zero attached hydrogens (tertiary/aromatic N) is 2. The zero-order chi connectivity index (χ0) is 16.2. The number of para-hydroxylation sites is 2. The van der Waals surface area contributed by atoms with Crippen molar-refractivity contribution in [3.05, 3.63) is 64.1 Å². The van der Waals surface area contributed by atoms with Gasteiger partial charge in [0.2, 0.25) is 0 Å². The number of aromatic nitrogens is 2. The maximum atomic E-state index is 12.2. The molecule has 2 aromatic heterocycles. The fourth-order valence-electron chi connectivity index (χ4n) is 2.18. The third kappa shape index (κ3) is 3.72. The number of thiophene rings is 1. The van der Waals surface area contributed by atoms with Crippen LogP contribution in [0.1, 0.15) is 17.8 Å². The number of halogens is 1. The van der Waals surface area contributed by atoms with E-state index in [1.54, 1.807) is 10.9 Å². The van der Waals surface area contributed by atoms with Crippen LogP contribution in [0.5, 0.6) is 0 Å². The predicted molar refractivity (Wildman–Crippen MR) is 93.5 cm³/mol. The first-order valence-corrected chi connectivity index (χ1v) is 8.25. The summed E-state index contributed by atoms with van der Waals surface area (Å²) in [5, 5.41) is 9.97. The molecule has 0 saturated carbocycles. The first-order chi connectivity index (χ1) is 11.1. The number of anilines is 1. The Labute approximate surface area is 142 Å². The summed E-state index contributed by atoms with van der Waals surface area (Å²) in [6.07, 6.45) is 3.52. The van der Waals surface area contributed by atoms with E-state index in [4.69, 9.17) is 11.6 Å². The lowest BCUT2D eigenvalue weighted by Crippen LogP contribution is -2.31. The molecular weight excluding hydrogens is 332 g/mol. The Morgan fingerprint density at radius 2 is 2.09 bits per heavy atom. The van der Waals surface area contributed by atoms with Crippen LogP contribution in [0, 0.1) is 0 Å². The second-order valence-corrected chi connectivity index (χ2v) is 6.68. The van der Waals surface area contributed by atoms with Gasteiger partial charge in [-0.15, -0.1) is 11.3 Å². The molecule has 0 spiro atoms. The summed E-state index contributed by atoms with van der Waals surface area (Å²) in [5.74, 6) is 0. The average Bonchev–Trinajstić information content (AvgIpc) is 3.19. The molecule has 0 radical (unpaired) electrons. The van der Waals surface area contributed by atoms with E-state index in [9.17, 15) is 4.79 Å². The van der Waals surface area contributed by atoms with E-state index in [0.717, 1.165) is 10.6 Å². The summed E-state index contributed by atoms with van der Waals surface area (Å²) in [6.45, 7) is 1.92. The number of urea groups is 1. The molecule has 2 heterocycles. The quantitative estimate of drug-likeness (QED) is 0.732. The highest BCUT2D eigenvalue weighted by Crippen LogP contribution is 2.26. The number of hydrogen-bond acceptors (Lipinski definition) is 3. The minimum Gasteiger partial charge on any atom is -0.331 e. The Morgan fingerprint density at radius 1 is 1.26 bits per heavy atom. The predicted octanol–water partition coefficient (Wildman–Crippen LogP) is 4.47. The van der Waals surface area contributed by atoms with Crippen LogP contribution in [0.4, 0.5) is 10.5 Å². The van der Waals surface area contributed by atoms with E-state index in [2.05, 4.69) is 15.7 Å². The molecule has 0 bridgehead atoms. The molecule has 23 heavy (non-hydrogen) atoms. The van der Waals surface area contributed by atoms with Crippen molar-refractivity contribution in [2.24, 2.45) is 0 Å². The van der Waals surface area contributed by atoms with E-state index < -0.39 is 0 Å². The van der Waals surface area contributed by atoms with Crippen LogP contribution in [0.25, 0.3) is 5.69 Å². The molecule has 3 aromatic rings. The molecule has 1 aromatic carbocycles. The summed E-state index contributed by atoms with van der Waals surface area (Å²) < 4.78 is 2.41. The molecule has 0 aliphatic carbocycles. The van der Waals surface area contributed by atoms with Crippen molar-refractivity contribution in [3.63, 3.8) is 0 Å². The average molecular weight is 347 g/mol. The molecule has 0 aliphatic rings. The van der Waals surface area contributed by atoms with Gasteiger partial charge in [-0.1, -0.05) is 23.7 Å². The third-order valence-electron chi connectivity index (χ3n) is 3.27. The van der Waals surface area contributed by atoms with Crippen LogP contribution < -0.4 is 10.6 Å². The van der Waals surface area contributed by atoms with Crippen molar-refractivity contribution < 1.29 is 4.79 Å². The van der Waals surface area contributed by atoms with Gasteiger partial charge in [0.05, 0.1) is 21.8 Å². The molecule has 2 amide bonds. The van der Waals surface area contributed by atoms with Crippen LogP contribution in [0.2, 0.25) is 4.34 Å². The van der Waals surface area contributed by atoms with Gasteiger partial charge in [0.25, 0.3) is 0 Å². The number of carbonyl (C=O) groups excluding carboxylic acids is 1. The number of benzene rings is 1. The van der Waals surface area contributed by atoms with Gasteiger partial charge in [0.15, 0.2) is 0 Å². The Hall–Kier alpha value is -2.31. The minimum atomic E-state index is -0.276. The van der Waals surface area contributed by atoms with Gasteiger partial charge >= 0.3 is 6.03 Å². The zero-order valence-electron chi connectivity index (χ0n) is 12.4. The van der Waals surface area contributed by atoms with Gasteiger partial charge in [0.1, 0.15) is 0 Å². The van der Waals surface area contributed by atoms with Gasteiger partial charge < -0.3 is 10.6 Å². The molecule has 5 nitrogen and oxygen atoms in total. The van der Waals surface area contributed by atoms with Gasteiger partial charge in [-0.25, -0.2) is 9.48 Å². The molecular formula is C16H15ClN4OS. The molecule has 0 saturated heterocycles. The Bertz CT molecular complexity index is 800. The molecule has 118 valence electrons. The molecule has 0 fully saturated rings. The first kappa shape index (κ1) is 15.6. The highest BCUT2D eigenvalue weighted by atomic mass is 35.5. The Kier molecular flexibility index (Phi) is 4.64. The highest BCUT2D eigenvalue weighted by Gasteiger charge is 2.13. The molecule has 0 aliphatic heterocycles. The zero-order valence-corrected chi connectivity index (χ0v) is 13.9. The molecule has 2 N–H and O–H groups in total. The van der Waals surface area contributed by atoms with Crippen LogP contribution >= 0.6 is 22.9 Å². The first-order valence-electron chi connectivity index (χ1n) is 7.05. The summed E-state index contributed by atoms with van der Waals surface area (Å²) in [7, 11) is 0. The van der Waals surface area contributed by atoms with Gasteiger partial charge in [0, 0.05) is 17.3 Å². The Morgan fingerprint density at radius 3 is 2.78 bits per heavy atom.